The maximum absolute atomic E-state index is 5.86. The molecule has 1 fully saturated rings. The van der Waals surface area contributed by atoms with Crippen LogP contribution in [0.2, 0.25) is 0 Å². The summed E-state index contributed by atoms with van der Waals surface area (Å²) in [6.45, 7) is 5.90. The van der Waals surface area contributed by atoms with Crippen LogP contribution in [0.1, 0.15) is 13.8 Å². The Kier molecular flexibility index (Phi) is 3.57. The van der Waals surface area contributed by atoms with Gasteiger partial charge in [-0.2, -0.15) is 0 Å². The van der Waals surface area contributed by atoms with Gasteiger partial charge in [0.15, 0.2) is 0 Å². The van der Waals surface area contributed by atoms with Gasteiger partial charge in [0.05, 0.1) is 29.0 Å². The average molecular weight is 324 g/mol. The number of aromatic nitrogens is 4. The van der Waals surface area contributed by atoms with Crippen molar-refractivity contribution < 1.29 is 4.74 Å². The van der Waals surface area contributed by atoms with Crippen molar-refractivity contribution in [2.45, 2.75) is 26.1 Å². The first kappa shape index (κ1) is 14.9. The third-order valence-electron chi connectivity index (χ3n) is 4.26. The standard InChI is InChI=1S/C17H20N6O/c1-10-8-23(9-11(2)24-10)14-4-6-19-16-15(14)12(7-21-16)13-3-5-20-17(18)22-13/h3-7,10-11H,8-9H2,1-2H3,(H,19,21)(H2,18,20,22)/t10-,11+. The quantitative estimate of drug-likeness (QED) is 0.751. The first-order valence-electron chi connectivity index (χ1n) is 8.07. The largest absolute Gasteiger partial charge is 0.372 e. The van der Waals surface area contributed by atoms with Crippen molar-refractivity contribution >= 4 is 22.7 Å². The fourth-order valence-electron chi connectivity index (χ4n) is 3.40. The topological polar surface area (TPSA) is 93.0 Å². The van der Waals surface area contributed by atoms with Crippen LogP contribution in [0.15, 0.2) is 30.7 Å². The molecule has 3 aromatic rings. The van der Waals surface area contributed by atoms with Crippen LogP contribution < -0.4 is 10.6 Å². The predicted molar refractivity (Wildman–Crippen MR) is 93.8 cm³/mol. The molecule has 0 spiro atoms. The van der Waals surface area contributed by atoms with E-state index in [1.165, 1.54) is 0 Å². The number of hydrogen-bond donors (Lipinski definition) is 2. The fraction of sp³-hybridized carbons (Fsp3) is 0.353. The third-order valence-corrected chi connectivity index (χ3v) is 4.26. The van der Waals surface area contributed by atoms with E-state index < -0.39 is 0 Å². The van der Waals surface area contributed by atoms with Gasteiger partial charge in [0, 0.05) is 37.2 Å². The Hall–Kier alpha value is -2.67. The maximum Gasteiger partial charge on any atom is 0.220 e. The summed E-state index contributed by atoms with van der Waals surface area (Å²) in [7, 11) is 0. The van der Waals surface area contributed by atoms with E-state index >= 15 is 0 Å². The molecular weight excluding hydrogens is 304 g/mol. The number of rotatable bonds is 2. The number of morpholine rings is 1. The molecule has 7 heteroatoms. The Bertz CT molecular complexity index is 866. The SMILES string of the molecule is C[C@@H]1CN(c2ccnc3[nH]cc(-c4ccnc(N)n4)c23)C[C@H](C)O1. The number of pyridine rings is 1. The number of nitrogens with one attached hydrogen (secondary N) is 1. The zero-order chi connectivity index (χ0) is 16.7. The van der Waals surface area contributed by atoms with Gasteiger partial charge in [-0.25, -0.2) is 15.0 Å². The van der Waals surface area contributed by atoms with Crippen LogP contribution in [-0.4, -0.2) is 45.2 Å². The van der Waals surface area contributed by atoms with Gasteiger partial charge in [0.1, 0.15) is 5.65 Å². The van der Waals surface area contributed by atoms with Crippen molar-refractivity contribution in [3.8, 4) is 11.3 Å². The predicted octanol–water partition coefficient (Wildman–Crippen LogP) is 2.22. The monoisotopic (exact) mass is 324 g/mol. The zero-order valence-electron chi connectivity index (χ0n) is 13.7. The molecule has 1 aliphatic rings. The Morgan fingerprint density at radius 3 is 2.67 bits per heavy atom. The van der Waals surface area contributed by atoms with Gasteiger partial charge in [-0.3, -0.25) is 0 Å². The first-order chi connectivity index (χ1) is 11.6. The third kappa shape index (κ3) is 2.56. The number of aromatic amines is 1. The van der Waals surface area contributed by atoms with Gasteiger partial charge in [0.25, 0.3) is 0 Å². The second-order valence-corrected chi connectivity index (χ2v) is 6.22. The van der Waals surface area contributed by atoms with Crippen molar-refractivity contribution in [3.05, 3.63) is 30.7 Å². The Morgan fingerprint density at radius 2 is 1.92 bits per heavy atom. The highest BCUT2D eigenvalue weighted by atomic mass is 16.5. The van der Waals surface area contributed by atoms with Crippen LogP contribution in [0, 0.1) is 0 Å². The van der Waals surface area contributed by atoms with E-state index in [-0.39, 0.29) is 18.2 Å². The summed E-state index contributed by atoms with van der Waals surface area (Å²) in [5, 5.41) is 1.05. The molecule has 1 saturated heterocycles. The van der Waals surface area contributed by atoms with Crippen LogP contribution in [0.4, 0.5) is 11.6 Å². The molecule has 0 saturated carbocycles. The van der Waals surface area contributed by atoms with E-state index in [1.54, 1.807) is 6.20 Å². The number of anilines is 2. The molecule has 0 aliphatic carbocycles. The Labute approximate surface area is 139 Å². The lowest BCUT2D eigenvalue weighted by Crippen LogP contribution is -2.45. The van der Waals surface area contributed by atoms with E-state index in [1.807, 2.05) is 18.5 Å². The number of fused-ring (bicyclic) bond motifs is 1. The number of H-pyrrole nitrogens is 1. The molecule has 3 N–H and O–H groups in total. The number of nitrogen functional groups attached to an aromatic ring is 1. The minimum absolute atomic E-state index is 0.189. The highest BCUT2D eigenvalue weighted by molar-refractivity contribution is 6.02. The van der Waals surface area contributed by atoms with Crippen molar-refractivity contribution in [1.29, 1.82) is 0 Å². The minimum atomic E-state index is 0.189. The van der Waals surface area contributed by atoms with E-state index in [0.717, 1.165) is 41.1 Å². The van der Waals surface area contributed by atoms with Crippen LogP contribution in [0.5, 0.6) is 0 Å². The van der Waals surface area contributed by atoms with Crippen molar-refractivity contribution in [3.63, 3.8) is 0 Å². The molecule has 4 rings (SSSR count). The Morgan fingerprint density at radius 1 is 1.17 bits per heavy atom. The second kappa shape index (κ2) is 5.76. The Balaban J connectivity index is 1.86. The summed E-state index contributed by atoms with van der Waals surface area (Å²) in [5.41, 5.74) is 9.49. The van der Waals surface area contributed by atoms with Crippen LogP contribution in [0.3, 0.4) is 0 Å². The van der Waals surface area contributed by atoms with E-state index in [0.29, 0.717) is 0 Å². The van der Waals surface area contributed by atoms with E-state index in [4.69, 9.17) is 10.5 Å². The molecule has 24 heavy (non-hydrogen) atoms. The molecule has 4 heterocycles. The van der Waals surface area contributed by atoms with Crippen LogP contribution in [0.25, 0.3) is 22.3 Å². The van der Waals surface area contributed by atoms with E-state index in [9.17, 15) is 0 Å². The summed E-state index contributed by atoms with van der Waals surface area (Å²) in [4.78, 5) is 18.4. The van der Waals surface area contributed by atoms with Crippen LogP contribution >= 0.6 is 0 Å². The summed E-state index contributed by atoms with van der Waals surface area (Å²) in [5.74, 6) is 0.265. The van der Waals surface area contributed by atoms with Crippen molar-refractivity contribution in [1.82, 2.24) is 19.9 Å². The summed E-state index contributed by atoms with van der Waals surface area (Å²) in [6, 6.07) is 3.91. The smallest absolute Gasteiger partial charge is 0.220 e. The lowest BCUT2D eigenvalue weighted by molar-refractivity contribution is -0.00513. The van der Waals surface area contributed by atoms with Gasteiger partial charge < -0.3 is 20.4 Å². The maximum atomic E-state index is 5.86. The van der Waals surface area contributed by atoms with Gasteiger partial charge in [0.2, 0.25) is 5.95 Å². The molecule has 3 aromatic heterocycles. The molecule has 2 atom stereocenters. The molecule has 0 amide bonds. The minimum Gasteiger partial charge on any atom is -0.372 e. The molecule has 0 unspecified atom stereocenters. The number of ether oxygens (including phenoxy) is 1. The first-order valence-corrected chi connectivity index (χ1v) is 8.07. The highest BCUT2D eigenvalue weighted by Gasteiger charge is 2.25. The summed E-state index contributed by atoms with van der Waals surface area (Å²) in [6.07, 6.45) is 5.81. The molecule has 0 bridgehead atoms. The van der Waals surface area contributed by atoms with Gasteiger partial charge in [-0.15, -0.1) is 0 Å². The molecule has 0 radical (unpaired) electrons. The number of nitrogens with zero attached hydrogens (tertiary/aromatic N) is 4. The van der Waals surface area contributed by atoms with Gasteiger partial charge in [-0.1, -0.05) is 0 Å². The summed E-state index contributed by atoms with van der Waals surface area (Å²) >= 11 is 0. The number of hydrogen-bond acceptors (Lipinski definition) is 6. The highest BCUT2D eigenvalue weighted by Crippen LogP contribution is 2.35. The van der Waals surface area contributed by atoms with Crippen molar-refractivity contribution in [2.75, 3.05) is 23.7 Å². The van der Waals surface area contributed by atoms with Gasteiger partial charge >= 0.3 is 0 Å². The fourth-order valence-corrected chi connectivity index (χ4v) is 3.40. The van der Waals surface area contributed by atoms with E-state index in [2.05, 4.69) is 44.7 Å². The second-order valence-electron chi connectivity index (χ2n) is 6.22. The lowest BCUT2D eigenvalue weighted by Gasteiger charge is -2.37. The zero-order valence-corrected chi connectivity index (χ0v) is 13.7. The summed E-state index contributed by atoms with van der Waals surface area (Å²) < 4.78 is 5.86. The normalized spacial score (nSPS) is 21.3. The van der Waals surface area contributed by atoms with Crippen LogP contribution in [-0.2, 0) is 4.74 Å². The molecular formula is C17H20N6O. The molecule has 1 aliphatic heterocycles. The average Bonchev–Trinajstić information content (AvgIpc) is 2.98. The molecule has 0 aromatic carbocycles. The molecule has 7 nitrogen and oxygen atoms in total. The van der Waals surface area contributed by atoms with Crippen molar-refractivity contribution in [2.24, 2.45) is 0 Å². The number of nitrogens with two attached hydrogens (primary N) is 1. The van der Waals surface area contributed by atoms with Gasteiger partial charge in [-0.05, 0) is 26.0 Å². The lowest BCUT2D eigenvalue weighted by atomic mass is 10.1. The molecule has 124 valence electrons.